The number of para-hydroxylation sites is 1. The summed E-state index contributed by atoms with van der Waals surface area (Å²) in [5.41, 5.74) is 8.38. The second kappa shape index (κ2) is 16.2. The highest BCUT2D eigenvalue weighted by atomic mass is 16.8. The average molecular weight is 676 g/mol. The Hall–Kier alpha value is -3.25. The summed E-state index contributed by atoms with van der Waals surface area (Å²) in [6.45, 7) is 0.613. The summed E-state index contributed by atoms with van der Waals surface area (Å²) in [4.78, 5) is 12.1. The maximum absolute atomic E-state index is 12.1. The van der Waals surface area contributed by atoms with Gasteiger partial charge >= 0.3 is 0 Å². The van der Waals surface area contributed by atoms with Gasteiger partial charge in [0.15, 0.2) is 36.4 Å². The lowest BCUT2D eigenvalue weighted by Gasteiger charge is -2.47. The van der Waals surface area contributed by atoms with Gasteiger partial charge in [0.2, 0.25) is 0 Å². The van der Waals surface area contributed by atoms with Crippen LogP contribution in [0.3, 0.4) is 0 Å². The number of aliphatic hydroxyl groups is 7. The van der Waals surface area contributed by atoms with Crippen LogP contribution >= 0.6 is 0 Å². The summed E-state index contributed by atoms with van der Waals surface area (Å²) in [7, 11) is 1.41. The number of hydrogen-bond donors (Lipinski definition) is 15. The molecule has 0 spiro atoms. The molecule has 266 valence electrons. The van der Waals surface area contributed by atoms with E-state index in [1.165, 1.54) is 14.0 Å². The maximum atomic E-state index is 12.1. The number of carbonyl (C=O) groups excluding carboxylic acids is 1. The Balaban J connectivity index is 0.000000756. The van der Waals surface area contributed by atoms with Crippen LogP contribution in [0.1, 0.15) is 6.92 Å². The molecule has 15 atom stereocenters. The molecule has 0 radical (unpaired) electrons. The summed E-state index contributed by atoms with van der Waals surface area (Å²) in [5.74, 6) is -0.966. The van der Waals surface area contributed by atoms with Gasteiger partial charge in [-0.05, 0) is 26.1 Å². The van der Waals surface area contributed by atoms with Crippen molar-refractivity contribution in [1.29, 1.82) is 10.8 Å². The smallest absolute Gasteiger partial charge is 0.188 e. The van der Waals surface area contributed by atoms with Crippen LogP contribution in [0.25, 0.3) is 0 Å². The zero-order valence-electron chi connectivity index (χ0n) is 25.5. The Morgan fingerprint density at radius 1 is 0.894 bits per heavy atom. The predicted octanol–water partition coefficient (Wildman–Crippen LogP) is -6.35. The molecule has 1 saturated carbocycles. The Morgan fingerprint density at radius 2 is 1.47 bits per heavy atom. The van der Waals surface area contributed by atoms with Gasteiger partial charge in [0.05, 0.1) is 36.9 Å². The number of nitrogens with one attached hydrogen (secondary N) is 5. The van der Waals surface area contributed by atoms with Gasteiger partial charge in [-0.25, -0.2) is 0 Å². The van der Waals surface area contributed by atoms with Crippen LogP contribution < -0.4 is 27.4 Å². The van der Waals surface area contributed by atoms with E-state index >= 15 is 0 Å². The predicted molar refractivity (Wildman–Crippen MR) is 160 cm³/mol. The molecule has 0 aromatic heterocycles. The topological polar surface area (TPSA) is 352 Å². The molecule has 2 heterocycles. The number of hydrogen-bond acceptors (Lipinski definition) is 16. The molecule has 0 unspecified atom stereocenters. The van der Waals surface area contributed by atoms with Gasteiger partial charge in [0, 0.05) is 0 Å². The van der Waals surface area contributed by atoms with Gasteiger partial charge in [-0.1, -0.05) is 18.2 Å². The minimum atomic E-state index is -2.39. The number of ether oxygens (including phenoxy) is 4. The molecule has 0 bridgehead atoms. The fourth-order valence-electron chi connectivity index (χ4n) is 5.60. The van der Waals surface area contributed by atoms with Gasteiger partial charge in [-0.3, -0.25) is 15.6 Å². The van der Waals surface area contributed by atoms with E-state index in [9.17, 15) is 40.5 Å². The van der Waals surface area contributed by atoms with E-state index in [-0.39, 0.29) is 6.29 Å². The number of likely N-dealkylation sites (N-methyl/N-ethyl adjacent to an activating group) is 1. The van der Waals surface area contributed by atoms with Crippen molar-refractivity contribution in [2.75, 3.05) is 13.7 Å². The molecule has 2 saturated heterocycles. The van der Waals surface area contributed by atoms with Crippen LogP contribution in [-0.2, 0) is 23.7 Å². The summed E-state index contributed by atoms with van der Waals surface area (Å²) in [6.07, 6.45) is -17.3. The van der Waals surface area contributed by atoms with Crippen molar-refractivity contribution in [3.8, 4) is 5.75 Å². The number of carbonyl (C=O) groups is 1. The number of nitrogens with two attached hydrogens (primary N) is 2. The monoisotopic (exact) mass is 675 g/mol. The molecule has 47 heavy (non-hydrogen) atoms. The van der Waals surface area contributed by atoms with Crippen LogP contribution in [0.5, 0.6) is 5.75 Å². The number of aldehydes is 1. The molecule has 1 aromatic rings. The average Bonchev–Trinajstić information content (AvgIpc) is 3.26. The number of benzene rings is 1. The van der Waals surface area contributed by atoms with E-state index in [0.29, 0.717) is 5.75 Å². The highest BCUT2D eigenvalue weighted by Gasteiger charge is 2.60. The molecule has 20 heteroatoms. The summed E-state index contributed by atoms with van der Waals surface area (Å²) in [5, 5.41) is 105. The van der Waals surface area contributed by atoms with Crippen molar-refractivity contribution in [1.82, 2.24) is 16.0 Å². The van der Waals surface area contributed by atoms with E-state index in [4.69, 9.17) is 46.3 Å². The van der Waals surface area contributed by atoms with Crippen molar-refractivity contribution < 1.29 is 64.6 Å². The van der Waals surface area contributed by atoms with Crippen molar-refractivity contribution in [3.05, 3.63) is 30.3 Å². The van der Waals surface area contributed by atoms with E-state index < -0.39 is 110 Å². The Bertz CT molecular complexity index is 1190. The van der Waals surface area contributed by atoms with Gasteiger partial charge in [0.25, 0.3) is 0 Å². The SMILES string of the molecule is CN[C@@H]1[C@H](O[C@H]2[C@H](O[C@H]3[C@H](O)[C@@H](O)[C@H](NC(=N)N)[C@@H](O)[C@@H]3NC(=N)N)O[C@@H](C)[C@]2(O)C=O)O[C@@H](CO)[C@H](O)[C@H]1O.Oc1ccccc1. The van der Waals surface area contributed by atoms with Crippen molar-refractivity contribution in [3.63, 3.8) is 0 Å². The van der Waals surface area contributed by atoms with Crippen molar-refractivity contribution in [2.24, 2.45) is 11.5 Å². The summed E-state index contributed by atoms with van der Waals surface area (Å²) in [6, 6.07) is 4.76. The first-order valence-electron chi connectivity index (χ1n) is 14.5. The molecule has 3 aliphatic rings. The molecule has 17 N–H and O–H groups in total. The van der Waals surface area contributed by atoms with Crippen LogP contribution in [0.4, 0.5) is 0 Å². The van der Waals surface area contributed by atoms with E-state index in [1.54, 1.807) is 24.3 Å². The second-order valence-corrected chi connectivity index (χ2v) is 11.3. The minimum absolute atomic E-state index is 0.136. The maximum Gasteiger partial charge on any atom is 0.188 e. The van der Waals surface area contributed by atoms with Gasteiger partial charge in [-0.2, -0.15) is 0 Å². The van der Waals surface area contributed by atoms with Crippen LogP contribution in [0, 0.1) is 10.8 Å². The molecule has 2 aliphatic heterocycles. The van der Waals surface area contributed by atoms with Crippen LogP contribution in [0.15, 0.2) is 30.3 Å². The molecule has 0 amide bonds. The molecule has 4 rings (SSSR count). The Kier molecular flexibility index (Phi) is 13.2. The van der Waals surface area contributed by atoms with E-state index in [0.717, 1.165) is 0 Å². The van der Waals surface area contributed by atoms with Crippen molar-refractivity contribution >= 4 is 18.2 Å². The minimum Gasteiger partial charge on any atom is -0.508 e. The first-order chi connectivity index (χ1) is 22.1. The highest BCUT2D eigenvalue weighted by Crippen LogP contribution is 2.37. The zero-order chi connectivity index (χ0) is 35.2. The lowest BCUT2D eigenvalue weighted by atomic mass is 9.81. The van der Waals surface area contributed by atoms with E-state index in [1.807, 2.05) is 6.07 Å². The molecule has 1 aromatic carbocycles. The van der Waals surface area contributed by atoms with Gasteiger partial charge in [-0.15, -0.1) is 0 Å². The lowest BCUT2D eigenvalue weighted by molar-refractivity contribution is -0.314. The highest BCUT2D eigenvalue weighted by molar-refractivity contribution is 5.76. The third-order valence-electron chi connectivity index (χ3n) is 8.21. The summed E-state index contributed by atoms with van der Waals surface area (Å²) >= 11 is 0. The fourth-order valence-corrected chi connectivity index (χ4v) is 5.60. The number of phenols is 1. The molecule has 1 aliphatic carbocycles. The first-order valence-corrected chi connectivity index (χ1v) is 14.5. The van der Waals surface area contributed by atoms with E-state index in [2.05, 4.69) is 16.0 Å². The normalized spacial score (nSPS) is 41.6. The van der Waals surface area contributed by atoms with Gasteiger partial charge in [0.1, 0.15) is 48.5 Å². The molecular weight excluding hydrogens is 630 g/mol. The first kappa shape index (κ1) is 38.2. The molecular formula is C27H45N7O13. The number of guanidine groups is 2. The van der Waals surface area contributed by atoms with Gasteiger partial charge < -0.3 is 87.2 Å². The number of rotatable bonds is 9. The molecule has 3 fully saturated rings. The molecule has 20 nitrogen and oxygen atoms in total. The largest absolute Gasteiger partial charge is 0.508 e. The summed E-state index contributed by atoms with van der Waals surface area (Å²) < 4.78 is 22.9. The Morgan fingerprint density at radius 3 is 1.96 bits per heavy atom. The number of aliphatic hydroxyl groups excluding tert-OH is 6. The third-order valence-corrected chi connectivity index (χ3v) is 8.21. The Labute approximate surface area is 269 Å². The van der Waals surface area contributed by atoms with Crippen molar-refractivity contribution in [2.45, 2.75) is 98.2 Å². The van der Waals surface area contributed by atoms with Crippen LogP contribution in [-0.4, -0.2) is 164 Å². The quantitative estimate of drug-likeness (QED) is 0.0657. The van der Waals surface area contributed by atoms with Crippen LogP contribution in [0.2, 0.25) is 0 Å². The standard InChI is InChI=1S/C21H39N7O12.C6H6O/c1-5-21(36,4-30)16(40-17-9(26-2)13(34)10(31)6(3-29)38-17)18(37-5)39-15-8(28-20(24)25)11(32)7(27-19(22)23)12(33)14(15)35;7-6-4-2-1-3-5-6/h4-18,26,29,31-36H,3H2,1-2H3,(H4,22,23,27)(H4,24,25,28);1-5,7H/t5-,6-,7+,8-,9-,10-,11+,12-,13-,14+,15+,16-,17-,18-,21+;/m0./s1. The second-order valence-electron chi connectivity index (χ2n) is 11.3. The third kappa shape index (κ3) is 8.43. The zero-order valence-corrected chi connectivity index (χ0v) is 25.5. The fraction of sp³-hybridized carbons (Fsp3) is 0.667. The lowest BCUT2D eigenvalue weighted by Crippen LogP contribution is -2.73. The number of phenolic OH excluding ortho intramolecular Hbond substituents is 1. The number of aromatic hydroxyl groups is 1.